The van der Waals surface area contributed by atoms with Gasteiger partial charge in [0.25, 0.3) is 0 Å². The second-order valence-electron chi connectivity index (χ2n) is 10.3. The molecule has 0 amide bonds. The Balaban J connectivity index is 1.24. The highest BCUT2D eigenvalue weighted by Gasteiger charge is 2.32. The van der Waals surface area contributed by atoms with Crippen LogP contribution in [0.2, 0.25) is 5.02 Å². The van der Waals surface area contributed by atoms with E-state index in [1.54, 1.807) is 30.6 Å². The van der Waals surface area contributed by atoms with Gasteiger partial charge in [-0.15, -0.1) is 0 Å². The Kier molecular flexibility index (Phi) is 9.45. The molecule has 0 bridgehead atoms. The van der Waals surface area contributed by atoms with Crippen LogP contribution in [0.3, 0.4) is 0 Å². The van der Waals surface area contributed by atoms with Gasteiger partial charge in [-0.05, 0) is 49.9 Å². The van der Waals surface area contributed by atoms with E-state index in [0.717, 1.165) is 13.1 Å². The number of methoxy groups -OCH3 is 1. The van der Waals surface area contributed by atoms with Gasteiger partial charge in [0, 0.05) is 49.9 Å². The average molecular weight is 608 g/mol. The van der Waals surface area contributed by atoms with Crippen molar-refractivity contribution in [3.05, 3.63) is 47.5 Å². The first-order valence-corrected chi connectivity index (χ1v) is 15.7. The van der Waals surface area contributed by atoms with Gasteiger partial charge in [0.15, 0.2) is 11.5 Å². The number of anilines is 2. The van der Waals surface area contributed by atoms with Crippen molar-refractivity contribution < 1.29 is 27.0 Å². The maximum atomic E-state index is 13.6. The number of sulfonamides is 1. The highest BCUT2D eigenvalue weighted by atomic mass is 35.5. The van der Waals surface area contributed by atoms with Crippen LogP contribution in [0.25, 0.3) is 10.9 Å². The molecule has 13 heteroatoms. The minimum Gasteiger partial charge on any atom is -0.493 e. The van der Waals surface area contributed by atoms with Gasteiger partial charge in [0.2, 0.25) is 10.0 Å². The van der Waals surface area contributed by atoms with E-state index in [-0.39, 0.29) is 22.9 Å². The number of hydrogen-bond acceptors (Lipinski definition) is 9. The van der Waals surface area contributed by atoms with E-state index < -0.39 is 15.8 Å². The van der Waals surface area contributed by atoms with Gasteiger partial charge in [-0.1, -0.05) is 11.6 Å². The first kappa shape index (κ1) is 29.7. The zero-order valence-electron chi connectivity index (χ0n) is 23.2. The largest absolute Gasteiger partial charge is 0.493 e. The predicted molar refractivity (Wildman–Crippen MR) is 156 cm³/mol. The van der Waals surface area contributed by atoms with Crippen LogP contribution in [0.15, 0.2) is 36.7 Å². The van der Waals surface area contributed by atoms with E-state index >= 15 is 0 Å². The Morgan fingerprint density at radius 1 is 1.12 bits per heavy atom. The molecule has 0 unspecified atom stereocenters. The number of rotatable bonds is 10. The summed E-state index contributed by atoms with van der Waals surface area (Å²) >= 11 is 5.95. The van der Waals surface area contributed by atoms with E-state index in [0.29, 0.717) is 79.3 Å². The smallest absolute Gasteiger partial charge is 0.215 e. The van der Waals surface area contributed by atoms with E-state index in [2.05, 4.69) is 20.2 Å². The molecule has 10 nitrogen and oxygen atoms in total. The first-order valence-electron chi connectivity index (χ1n) is 13.7. The van der Waals surface area contributed by atoms with E-state index in [4.69, 9.17) is 25.8 Å². The summed E-state index contributed by atoms with van der Waals surface area (Å²) in [6.45, 7) is 3.35. The SMILES string of the molecule is COc1cc2ncnc(Nc3ccc(F)c(Cl)c3)c2cc1OC1CCC(N(C)S(=O)(=O)CCN2CCOCC2)CC1. The van der Waals surface area contributed by atoms with Gasteiger partial charge in [-0.2, -0.15) is 0 Å². The van der Waals surface area contributed by atoms with Crippen LogP contribution in [0, 0.1) is 5.82 Å². The Morgan fingerprint density at radius 3 is 2.59 bits per heavy atom. The zero-order chi connectivity index (χ0) is 29.0. The molecule has 1 aliphatic carbocycles. The second kappa shape index (κ2) is 13.0. The van der Waals surface area contributed by atoms with Gasteiger partial charge in [0.1, 0.15) is 18.0 Å². The third kappa shape index (κ3) is 7.18. The van der Waals surface area contributed by atoms with Crippen LogP contribution >= 0.6 is 11.6 Å². The summed E-state index contributed by atoms with van der Waals surface area (Å²) in [5, 5.41) is 3.88. The number of nitrogens with zero attached hydrogens (tertiary/aromatic N) is 4. The van der Waals surface area contributed by atoms with Gasteiger partial charge in [-0.25, -0.2) is 27.1 Å². The normalized spacial score (nSPS) is 20.3. The minimum absolute atomic E-state index is 0.00482. The fraction of sp³-hybridized carbons (Fsp3) is 0.500. The molecular weight excluding hydrogens is 573 g/mol. The van der Waals surface area contributed by atoms with Crippen LogP contribution in [0.4, 0.5) is 15.9 Å². The second-order valence-corrected chi connectivity index (χ2v) is 12.9. The summed E-state index contributed by atoms with van der Waals surface area (Å²) in [5.74, 6) is 1.20. The fourth-order valence-electron chi connectivity index (χ4n) is 5.27. The van der Waals surface area contributed by atoms with Crippen LogP contribution in [-0.4, -0.2) is 92.5 Å². The standard InChI is InChI=1S/C28H35ClFN5O5S/c1-34(41(36,37)14-11-35-9-12-39-13-10-35)20-4-6-21(7-5-20)40-27-16-22-25(17-26(27)38-2)31-18-32-28(22)33-19-3-8-24(30)23(29)15-19/h3,8,15-18,20-21H,4-7,9-14H2,1-2H3,(H,31,32,33). The van der Waals surface area contributed by atoms with Gasteiger partial charge < -0.3 is 19.5 Å². The number of aromatic nitrogens is 2. The molecule has 2 aliphatic rings. The molecule has 1 saturated carbocycles. The maximum absolute atomic E-state index is 13.6. The van der Waals surface area contributed by atoms with Crippen LogP contribution in [0.5, 0.6) is 11.5 Å². The number of nitrogens with one attached hydrogen (secondary N) is 1. The maximum Gasteiger partial charge on any atom is 0.215 e. The lowest BCUT2D eigenvalue weighted by atomic mass is 9.93. The Hall–Kier alpha value is -2.77. The monoisotopic (exact) mass is 607 g/mol. The van der Waals surface area contributed by atoms with Crippen LogP contribution < -0.4 is 14.8 Å². The zero-order valence-corrected chi connectivity index (χ0v) is 24.8. The predicted octanol–water partition coefficient (Wildman–Crippen LogP) is 4.46. The summed E-state index contributed by atoms with van der Waals surface area (Å²) < 4.78 is 58.6. The summed E-state index contributed by atoms with van der Waals surface area (Å²) in [6, 6.07) is 7.91. The summed E-state index contributed by atoms with van der Waals surface area (Å²) in [4.78, 5) is 10.9. The van der Waals surface area contributed by atoms with Crippen molar-refractivity contribution in [1.82, 2.24) is 19.2 Å². The molecule has 3 aromatic rings. The van der Waals surface area contributed by atoms with E-state index in [9.17, 15) is 12.8 Å². The number of benzene rings is 2. The van der Waals surface area contributed by atoms with Crippen molar-refractivity contribution in [3.63, 3.8) is 0 Å². The molecule has 222 valence electrons. The van der Waals surface area contributed by atoms with E-state index in [1.165, 1.54) is 18.5 Å². The summed E-state index contributed by atoms with van der Waals surface area (Å²) in [5.41, 5.74) is 1.23. The molecule has 0 spiro atoms. The quantitative estimate of drug-likeness (QED) is 0.358. The molecule has 2 heterocycles. The van der Waals surface area contributed by atoms with Gasteiger partial charge >= 0.3 is 0 Å². The molecule has 1 aliphatic heterocycles. The number of halogens is 2. The highest BCUT2D eigenvalue weighted by molar-refractivity contribution is 7.89. The molecule has 0 radical (unpaired) electrons. The van der Waals surface area contributed by atoms with Gasteiger partial charge in [-0.3, -0.25) is 4.90 Å². The van der Waals surface area contributed by atoms with Crippen molar-refractivity contribution in [2.24, 2.45) is 0 Å². The van der Waals surface area contributed by atoms with Crippen molar-refractivity contribution in [2.75, 3.05) is 58.1 Å². The molecular formula is C28H35ClFN5O5S. The van der Waals surface area contributed by atoms with Crippen LogP contribution in [0.1, 0.15) is 25.7 Å². The summed E-state index contributed by atoms with van der Waals surface area (Å²) in [6.07, 6.45) is 4.16. The lowest BCUT2D eigenvalue weighted by Gasteiger charge is -2.35. The fourth-order valence-corrected chi connectivity index (χ4v) is 6.89. The molecule has 2 fully saturated rings. The Labute approximate surface area is 244 Å². The third-order valence-corrected chi connectivity index (χ3v) is 9.93. The van der Waals surface area contributed by atoms with Crippen molar-refractivity contribution in [1.29, 1.82) is 0 Å². The number of fused-ring (bicyclic) bond motifs is 1. The number of hydrogen-bond donors (Lipinski definition) is 1. The molecule has 2 aromatic carbocycles. The molecule has 41 heavy (non-hydrogen) atoms. The molecule has 1 aromatic heterocycles. The number of ether oxygens (including phenoxy) is 3. The van der Waals surface area contributed by atoms with E-state index in [1.807, 2.05) is 6.07 Å². The minimum atomic E-state index is -3.37. The van der Waals surface area contributed by atoms with Crippen LogP contribution in [-0.2, 0) is 14.8 Å². The van der Waals surface area contributed by atoms with Crippen molar-refractivity contribution >= 4 is 44.0 Å². The van der Waals surface area contributed by atoms with Gasteiger partial charge in [0.05, 0.1) is 42.7 Å². The van der Waals surface area contributed by atoms with Crippen molar-refractivity contribution in [2.45, 2.75) is 37.8 Å². The Morgan fingerprint density at radius 2 is 1.88 bits per heavy atom. The molecule has 0 atom stereocenters. The molecule has 1 N–H and O–H groups in total. The number of morpholine rings is 1. The molecule has 1 saturated heterocycles. The lowest BCUT2D eigenvalue weighted by Crippen LogP contribution is -2.45. The topological polar surface area (TPSA) is 106 Å². The lowest BCUT2D eigenvalue weighted by molar-refractivity contribution is 0.0406. The highest BCUT2D eigenvalue weighted by Crippen LogP contribution is 2.37. The van der Waals surface area contributed by atoms with Crippen molar-refractivity contribution in [3.8, 4) is 11.5 Å². The summed E-state index contributed by atoms with van der Waals surface area (Å²) in [7, 11) is -0.104. The molecule has 5 rings (SSSR count). The Bertz CT molecular complexity index is 1470. The average Bonchev–Trinajstić information content (AvgIpc) is 2.98. The first-order chi connectivity index (χ1) is 19.7. The third-order valence-electron chi connectivity index (χ3n) is 7.76.